The van der Waals surface area contributed by atoms with Crippen LogP contribution in [0.5, 0.6) is 0 Å². The summed E-state index contributed by atoms with van der Waals surface area (Å²) in [6.45, 7) is 2.34. The number of aryl methyl sites for hydroxylation is 2. The average Bonchev–Trinajstić information content (AvgIpc) is 3.17. The third-order valence-electron chi connectivity index (χ3n) is 5.77. The number of alkyl halides is 3. The monoisotopic (exact) mass is 402 g/mol. The van der Waals surface area contributed by atoms with Crippen LogP contribution in [0.1, 0.15) is 40.4 Å². The van der Waals surface area contributed by atoms with Gasteiger partial charge in [-0.1, -0.05) is 6.07 Å². The second kappa shape index (κ2) is 7.21. The number of anilines is 1. The molecule has 0 N–H and O–H groups in total. The molecule has 1 atom stereocenters. The molecule has 1 aliphatic heterocycles. The SMILES string of the molecule is CC1C(=O)N(c2ccc3c(c2)CCC3)CCN1C(=O)c1ccc(C(F)(F)F)cc1. The molecule has 29 heavy (non-hydrogen) atoms. The van der Waals surface area contributed by atoms with Crippen molar-refractivity contribution in [1.29, 1.82) is 0 Å². The average molecular weight is 402 g/mol. The van der Waals surface area contributed by atoms with E-state index in [0.29, 0.717) is 13.1 Å². The molecule has 1 heterocycles. The molecule has 4 nitrogen and oxygen atoms in total. The first-order valence-electron chi connectivity index (χ1n) is 9.67. The van der Waals surface area contributed by atoms with E-state index in [0.717, 1.165) is 49.2 Å². The Morgan fingerprint density at radius 1 is 1.00 bits per heavy atom. The van der Waals surface area contributed by atoms with Crippen LogP contribution in [0.4, 0.5) is 18.9 Å². The Balaban J connectivity index is 1.50. The molecule has 1 fully saturated rings. The Hall–Kier alpha value is -2.83. The number of halogens is 3. The molecule has 2 amide bonds. The van der Waals surface area contributed by atoms with Crippen molar-refractivity contribution < 1.29 is 22.8 Å². The Bertz CT molecular complexity index is 954. The number of piperazine rings is 1. The number of nitrogens with zero attached hydrogens (tertiary/aromatic N) is 2. The summed E-state index contributed by atoms with van der Waals surface area (Å²) in [5.41, 5.74) is 2.77. The van der Waals surface area contributed by atoms with E-state index in [1.165, 1.54) is 16.0 Å². The highest BCUT2D eigenvalue weighted by Gasteiger charge is 2.36. The molecule has 0 saturated carbocycles. The van der Waals surface area contributed by atoms with Crippen LogP contribution in [0.3, 0.4) is 0 Å². The normalized spacial score (nSPS) is 19.4. The zero-order chi connectivity index (χ0) is 20.8. The fourth-order valence-corrected chi connectivity index (χ4v) is 4.10. The van der Waals surface area contributed by atoms with Gasteiger partial charge in [0.2, 0.25) is 5.91 Å². The molecule has 152 valence electrons. The quantitative estimate of drug-likeness (QED) is 0.760. The predicted molar refractivity (Wildman–Crippen MR) is 103 cm³/mol. The summed E-state index contributed by atoms with van der Waals surface area (Å²) >= 11 is 0. The Morgan fingerprint density at radius 3 is 2.38 bits per heavy atom. The van der Waals surface area contributed by atoms with E-state index in [2.05, 4.69) is 12.1 Å². The summed E-state index contributed by atoms with van der Waals surface area (Å²) in [6.07, 6.45) is -1.25. The lowest BCUT2D eigenvalue weighted by atomic mass is 10.1. The highest BCUT2D eigenvalue weighted by atomic mass is 19.4. The van der Waals surface area contributed by atoms with Gasteiger partial charge in [0, 0.05) is 24.3 Å². The van der Waals surface area contributed by atoms with Crippen LogP contribution < -0.4 is 4.90 Å². The molecule has 2 aliphatic rings. The van der Waals surface area contributed by atoms with E-state index < -0.39 is 23.7 Å². The van der Waals surface area contributed by atoms with Crippen molar-refractivity contribution in [1.82, 2.24) is 4.90 Å². The second-order valence-electron chi connectivity index (χ2n) is 7.55. The van der Waals surface area contributed by atoms with Crippen LogP contribution in [0, 0.1) is 0 Å². The third kappa shape index (κ3) is 3.61. The summed E-state index contributed by atoms with van der Waals surface area (Å²) in [7, 11) is 0. The molecule has 1 saturated heterocycles. The molecular formula is C22H21F3N2O2. The number of hydrogen-bond donors (Lipinski definition) is 0. The molecule has 0 spiro atoms. The molecule has 0 bridgehead atoms. The first-order chi connectivity index (χ1) is 13.8. The van der Waals surface area contributed by atoms with Gasteiger partial charge < -0.3 is 9.80 Å². The first kappa shape index (κ1) is 19.5. The van der Waals surface area contributed by atoms with Gasteiger partial charge in [-0.3, -0.25) is 9.59 Å². The lowest BCUT2D eigenvalue weighted by Crippen LogP contribution is -2.57. The summed E-state index contributed by atoms with van der Waals surface area (Å²) < 4.78 is 38.2. The molecule has 0 aromatic heterocycles. The van der Waals surface area contributed by atoms with Crippen LogP contribution in [-0.2, 0) is 23.8 Å². The van der Waals surface area contributed by atoms with Crippen molar-refractivity contribution in [3.63, 3.8) is 0 Å². The molecular weight excluding hydrogens is 381 g/mol. The molecule has 1 unspecified atom stereocenters. The molecule has 1 aliphatic carbocycles. The first-order valence-corrected chi connectivity index (χ1v) is 9.67. The van der Waals surface area contributed by atoms with Crippen LogP contribution in [0.25, 0.3) is 0 Å². The number of carbonyl (C=O) groups is 2. The summed E-state index contributed by atoms with van der Waals surface area (Å²) in [6, 6.07) is 9.48. The fourth-order valence-electron chi connectivity index (χ4n) is 4.10. The molecule has 7 heteroatoms. The van der Waals surface area contributed by atoms with Crippen molar-refractivity contribution in [3.8, 4) is 0 Å². The smallest absolute Gasteiger partial charge is 0.325 e. The largest absolute Gasteiger partial charge is 0.416 e. The van der Waals surface area contributed by atoms with E-state index >= 15 is 0 Å². The summed E-state index contributed by atoms with van der Waals surface area (Å²) in [5, 5.41) is 0. The van der Waals surface area contributed by atoms with Gasteiger partial charge in [0.1, 0.15) is 6.04 Å². The third-order valence-corrected chi connectivity index (χ3v) is 5.77. The number of rotatable bonds is 2. The zero-order valence-corrected chi connectivity index (χ0v) is 16.0. The minimum absolute atomic E-state index is 0.142. The number of amides is 2. The van der Waals surface area contributed by atoms with E-state index in [-0.39, 0.29) is 11.5 Å². The maximum absolute atomic E-state index is 12.9. The number of fused-ring (bicyclic) bond motifs is 1. The lowest BCUT2D eigenvalue weighted by Gasteiger charge is -2.39. The van der Waals surface area contributed by atoms with Gasteiger partial charge in [-0.15, -0.1) is 0 Å². The van der Waals surface area contributed by atoms with Crippen molar-refractivity contribution in [2.45, 2.75) is 38.4 Å². The van der Waals surface area contributed by atoms with Gasteiger partial charge in [-0.2, -0.15) is 13.2 Å². The zero-order valence-electron chi connectivity index (χ0n) is 16.0. The standard InChI is InChI=1S/C22H21F3N2O2/c1-14-20(28)27(19-10-7-15-3-2-4-17(15)13-19)12-11-26(14)21(29)16-5-8-18(9-6-16)22(23,24)25/h5-10,13-14H,2-4,11-12H2,1H3. The minimum atomic E-state index is -4.45. The van der Waals surface area contributed by atoms with E-state index in [4.69, 9.17) is 0 Å². The van der Waals surface area contributed by atoms with Crippen LogP contribution in [-0.4, -0.2) is 35.8 Å². The number of hydrogen-bond acceptors (Lipinski definition) is 2. The topological polar surface area (TPSA) is 40.6 Å². The van der Waals surface area contributed by atoms with Gasteiger partial charge >= 0.3 is 6.18 Å². The van der Waals surface area contributed by atoms with Crippen LogP contribution in [0.15, 0.2) is 42.5 Å². The molecule has 4 rings (SSSR count). The van der Waals surface area contributed by atoms with Gasteiger partial charge in [0.15, 0.2) is 0 Å². The Kier molecular flexibility index (Phi) is 4.84. The van der Waals surface area contributed by atoms with Crippen LogP contribution in [0.2, 0.25) is 0 Å². The lowest BCUT2D eigenvalue weighted by molar-refractivity contribution is -0.137. The summed E-state index contributed by atoms with van der Waals surface area (Å²) in [5.74, 6) is -0.623. The van der Waals surface area contributed by atoms with Crippen molar-refractivity contribution in [2.24, 2.45) is 0 Å². The van der Waals surface area contributed by atoms with Crippen molar-refractivity contribution >= 4 is 17.5 Å². The Morgan fingerprint density at radius 2 is 1.69 bits per heavy atom. The van der Waals surface area contributed by atoms with Crippen molar-refractivity contribution in [2.75, 3.05) is 18.0 Å². The van der Waals surface area contributed by atoms with Gasteiger partial charge in [0.25, 0.3) is 5.91 Å². The molecule has 2 aromatic rings. The maximum atomic E-state index is 12.9. The molecule has 0 radical (unpaired) electrons. The van der Waals surface area contributed by atoms with Gasteiger partial charge in [-0.25, -0.2) is 0 Å². The minimum Gasteiger partial charge on any atom is -0.325 e. The second-order valence-corrected chi connectivity index (χ2v) is 7.55. The van der Waals surface area contributed by atoms with E-state index in [1.54, 1.807) is 11.8 Å². The molecule has 2 aromatic carbocycles. The fraction of sp³-hybridized carbons (Fsp3) is 0.364. The Labute approximate surface area is 166 Å². The van der Waals surface area contributed by atoms with Gasteiger partial charge in [0.05, 0.1) is 5.56 Å². The number of carbonyl (C=O) groups excluding carboxylic acids is 2. The van der Waals surface area contributed by atoms with E-state index in [9.17, 15) is 22.8 Å². The predicted octanol–water partition coefficient (Wildman–Crippen LogP) is 4.07. The number of benzene rings is 2. The van der Waals surface area contributed by atoms with Crippen LogP contribution >= 0.6 is 0 Å². The highest BCUT2D eigenvalue weighted by molar-refractivity contribution is 6.03. The van der Waals surface area contributed by atoms with Crippen molar-refractivity contribution in [3.05, 3.63) is 64.7 Å². The maximum Gasteiger partial charge on any atom is 0.416 e. The van der Waals surface area contributed by atoms with Gasteiger partial charge in [-0.05, 0) is 73.7 Å². The summed E-state index contributed by atoms with van der Waals surface area (Å²) in [4.78, 5) is 28.8. The highest BCUT2D eigenvalue weighted by Crippen LogP contribution is 2.31. The van der Waals surface area contributed by atoms with E-state index in [1.807, 2.05) is 6.07 Å².